The number of likely N-dealkylation sites (N-methyl/N-ethyl adjacent to an activating group) is 1. The monoisotopic (exact) mass is 351 g/mol. The maximum atomic E-state index is 12.4. The molecule has 1 amide bonds. The van der Waals surface area contributed by atoms with Crippen molar-refractivity contribution in [2.45, 2.75) is 6.18 Å². The summed E-state index contributed by atoms with van der Waals surface area (Å²) in [5, 5.41) is 9.43. The zero-order valence-corrected chi connectivity index (χ0v) is 12.9. The number of halogens is 4. The summed E-state index contributed by atoms with van der Waals surface area (Å²) in [6.07, 6.45) is -3.97. The largest absolute Gasteiger partial charge is 0.496 e. The average molecular weight is 352 g/mol. The third kappa shape index (κ3) is 5.17. The van der Waals surface area contributed by atoms with Crippen LogP contribution in [0.2, 0.25) is 5.02 Å². The Morgan fingerprint density at radius 2 is 2.00 bits per heavy atom. The van der Waals surface area contributed by atoms with Gasteiger partial charge in [0.15, 0.2) is 0 Å². The van der Waals surface area contributed by atoms with E-state index in [0.29, 0.717) is 5.02 Å². The van der Waals surface area contributed by atoms with Crippen LogP contribution in [0.1, 0.15) is 5.56 Å². The van der Waals surface area contributed by atoms with Gasteiger partial charge in [0.25, 0.3) is 0 Å². The lowest BCUT2D eigenvalue weighted by Gasteiger charge is -2.19. The molecule has 23 heavy (non-hydrogen) atoms. The Bertz CT molecular complexity index is 643. The quantitative estimate of drug-likeness (QED) is 0.828. The second-order valence-electron chi connectivity index (χ2n) is 4.52. The Morgan fingerprint density at radius 3 is 2.48 bits per heavy atom. The molecule has 0 aromatic heterocycles. The van der Waals surface area contributed by atoms with Crippen molar-refractivity contribution in [3.05, 3.63) is 34.4 Å². The molecular formula is C14H13ClF3NO4. The van der Waals surface area contributed by atoms with Gasteiger partial charge in [0.1, 0.15) is 5.75 Å². The lowest BCUT2D eigenvalue weighted by Crippen LogP contribution is -2.40. The average Bonchev–Trinajstić information content (AvgIpc) is 2.44. The van der Waals surface area contributed by atoms with Gasteiger partial charge in [-0.3, -0.25) is 4.79 Å². The van der Waals surface area contributed by atoms with E-state index in [-0.39, 0.29) is 16.2 Å². The normalized spacial score (nSPS) is 12.0. The molecule has 0 bridgehead atoms. The maximum absolute atomic E-state index is 12.4. The van der Waals surface area contributed by atoms with Crippen molar-refractivity contribution in [1.82, 2.24) is 4.90 Å². The number of ether oxygens (including phenoxy) is 1. The van der Waals surface area contributed by atoms with Crippen molar-refractivity contribution in [3.63, 3.8) is 0 Å². The Morgan fingerprint density at radius 1 is 1.39 bits per heavy atom. The smallest absolute Gasteiger partial charge is 0.471 e. The molecule has 1 rings (SSSR count). The van der Waals surface area contributed by atoms with E-state index >= 15 is 0 Å². The van der Waals surface area contributed by atoms with E-state index in [0.717, 1.165) is 13.1 Å². The fourth-order valence-corrected chi connectivity index (χ4v) is 1.91. The number of benzene rings is 1. The standard InChI is InChI=1S/C14H13ClF3NO4/c1-19(13(22)14(16,17)18)7-9(12(20)21)5-8-6-10(15)3-4-11(8)23-2/h3-6H,7H2,1-2H3,(H,20,21)/b9-5+. The first-order valence-corrected chi connectivity index (χ1v) is 6.53. The molecule has 0 aliphatic rings. The Balaban J connectivity index is 3.15. The number of hydrogen-bond donors (Lipinski definition) is 1. The lowest BCUT2D eigenvalue weighted by atomic mass is 10.1. The van der Waals surface area contributed by atoms with Crippen molar-refractivity contribution in [3.8, 4) is 5.75 Å². The van der Waals surface area contributed by atoms with Crippen LogP contribution < -0.4 is 4.74 Å². The molecule has 0 unspecified atom stereocenters. The zero-order valence-electron chi connectivity index (χ0n) is 12.1. The fraction of sp³-hybridized carbons (Fsp3) is 0.286. The molecule has 1 aromatic carbocycles. The second-order valence-corrected chi connectivity index (χ2v) is 4.96. The third-order valence-electron chi connectivity index (χ3n) is 2.79. The number of amides is 1. The van der Waals surface area contributed by atoms with E-state index in [9.17, 15) is 22.8 Å². The Hall–Kier alpha value is -2.22. The molecule has 0 fully saturated rings. The van der Waals surface area contributed by atoms with Crippen molar-refractivity contribution >= 4 is 29.6 Å². The van der Waals surface area contributed by atoms with E-state index in [1.165, 1.54) is 25.3 Å². The number of alkyl halides is 3. The van der Waals surface area contributed by atoms with Gasteiger partial charge in [0.05, 0.1) is 19.2 Å². The predicted octanol–water partition coefficient (Wildman–Crippen LogP) is 2.84. The highest BCUT2D eigenvalue weighted by molar-refractivity contribution is 6.30. The van der Waals surface area contributed by atoms with Gasteiger partial charge in [-0.1, -0.05) is 11.6 Å². The van der Waals surface area contributed by atoms with Crippen molar-refractivity contribution in [1.29, 1.82) is 0 Å². The van der Waals surface area contributed by atoms with Crippen molar-refractivity contribution in [2.75, 3.05) is 20.7 Å². The molecule has 0 aliphatic heterocycles. The van der Waals surface area contributed by atoms with Crippen molar-refractivity contribution < 1.29 is 32.6 Å². The number of aliphatic carboxylic acids is 1. The van der Waals surface area contributed by atoms with Crippen LogP contribution in [0.3, 0.4) is 0 Å². The number of hydrogen-bond acceptors (Lipinski definition) is 3. The number of carbonyl (C=O) groups excluding carboxylic acids is 1. The molecule has 9 heteroatoms. The molecule has 0 saturated carbocycles. The lowest BCUT2D eigenvalue weighted by molar-refractivity contribution is -0.183. The summed E-state index contributed by atoms with van der Waals surface area (Å²) in [5.74, 6) is -3.31. The molecule has 126 valence electrons. The summed E-state index contributed by atoms with van der Waals surface area (Å²) < 4.78 is 42.1. The number of carbonyl (C=O) groups is 2. The van der Waals surface area contributed by atoms with Crippen LogP contribution in [0.5, 0.6) is 5.75 Å². The molecule has 1 N–H and O–H groups in total. The number of nitrogens with zero attached hydrogens (tertiary/aromatic N) is 1. The molecule has 0 saturated heterocycles. The van der Waals surface area contributed by atoms with Gasteiger partial charge < -0.3 is 14.7 Å². The van der Waals surface area contributed by atoms with Gasteiger partial charge in [-0.05, 0) is 24.3 Å². The molecule has 1 aromatic rings. The highest BCUT2D eigenvalue weighted by Gasteiger charge is 2.41. The topological polar surface area (TPSA) is 66.8 Å². The highest BCUT2D eigenvalue weighted by atomic mass is 35.5. The van der Waals surface area contributed by atoms with Crippen LogP contribution in [-0.2, 0) is 9.59 Å². The Kier molecular flexibility index (Phi) is 6.03. The SMILES string of the molecule is COc1ccc(Cl)cc1/C=C(\CN(C)C(=O)C(F)(F)F)C(=O)O. The van der Waals surface area contributed by atoms with Gasteiger partial charge in [0, 0.05) is 17.6 Å². The van der Waals surface area contributed by atoms with E-state index in [4.69, 9.17) is 21.4 Å². The summed E-state index contributed by atoms with van der Waals surface area (Å²) in [5.41, 5.74) is -0.157. The fourth-order valence-electron chi connectivity index (χ4n) is 1.72. The molecule has 5 nitrogen and oxygen atoms in total. The first kappa shape index (κ1) is 18.8. The summed E-state index contributed by atoms with van der Waals surface area (Å²) in [4.78, 5) is 22.6. The molecule has 0 radical (unpaired) electrons. The van der Waals surface area contributed by atoms with Crippen LogP contribution in [-0.4, -0.2) is 48.8 Å². The summed E-state index contributed by atoms with van der Waals surface area (Å²) in [7, 11) is 2.21. The summed E-state index contributed by atoms with van der Waals surface area (Å²) in [6, 6.07) is 4.39. The molecular weight excluding hydrogens is 339 g/mol. The van der Waals surface area contributed by atoms with Gasteiger partial charge in [-0.15, -0.1) is 0 Å². The first-order chi connectivity index (χ1) is 10.6. The third-order valence-corrected chi connectivity index (χ3v) is 3.03. The minimum Gasteiger partial charge on any atom is -0.496 e. The van der Waals surface area contributed by atoms with Crippen LogP contribution in [0.4, 0.5) is 13.2 Å². The highest BCUT2D eigenvalue weighted by Crippen LogP contribution is 2.25. The van der Waals surface area contributed by atoms with Crippen LogP contribution in [0.15, 0.2) is 23.8 Å². The van der Waals surface area contributed by atoms with E-state index in [1.54, 1.807) is 0 Å². The van der Waals surface area contributed by atoms with E-state index < -0.39 is 30.2 Å². The first-order valence-electron chi connectivity index (χ1n) is 6.16. The predicted molar refractivity (Wildman–Crippen MR) is 77.3 cm³/mol. The van der Waals surface area contributed by atoms with Crippen LogP contribution in [0.25, 0.3) is 6.08 Å². The molecule has 0 atom stereocenters. The van der Waals surface area contributed by atoms with Gasteiger partial charge >= 0.3 is 18.1 Å². The number of methoxy groups -OCH3 is 1. The zero-order chi connectivity index (χ0) is 17.8. The van der Waals surface area contributed by atoms with E-state index in [2.05, 4.69) is 0 Å². The van der Waals surface area contributed by atoms with Gasteiger partial charge in [-0.25, -0.2) is 4.79 Å². The van der Waals surface area contributed by atoms with E-state index in [1.807, 2.05) is 0 Å². The Labute approximate surface area is 134 Å². The summed E-state index contributed by atoms with van der Waals surface area (Å²) in [6.45, 7) is -0.733. The van der Waals surface area contributed by atoms with Crippen LogP contribution >= 0.6 is 11.6 Å². The second kappa shape index (κ2) is 7.36. The van der Waals surface area contributed by atoms with Crippen LogP contribution in [0, 0.1) is 0 Å². The summed E-state index contributed by atoms with van der Waals surface area (Å²) >= 11 is 5.81. The number of rotatable bonds is 5. The maximum Gasteiger partial charge on any atom is 0.471 e. The minimum absolute atomic E-state index is 0.269. The van der Waals surface area contributed by atoms with Gasteiger partial charge in [0.2, 0.25) is 0 Å². The van der Waals surface area contributed by atoms with Crippen molar-refractivity contribution in [2.24, 2.45) is 0 Å². The van der Waals surface area contributed by atoms with Gasteiger partial charge in [-0.2, -0.15) is 13.2 Å². The molecule has 0 aliphatic carbocycles. The molecule has 0 spiro atoms. The number of carboxylic acid groups (broad SMARTS) is 1. The number of carboxylic acids is 1. The molecule has 0 heterocycles. The minimum atomic E-state index is -5.08.